The largest absolute Gasteiger partial charge is 0.338 e. The predicted octanol–water partition coefficient (Wildman–Crippen LogP) is 13.5. The molecule has 6 aromatic rings. The first-order valence-electron chi connectivity index (χ1n) is 20.4. The van der Waals surface area contributed by atoms with Gasteiger partial charge in [0.15, 0.2) is 0 Å². The Balaban J connectivity index is 1.13. The third-order valence-corrected chi connectivity index (χ3v) is 15.0. The van der Waals surface area contributed by atoms with Crippen molar-refractivity contribution in [2.45, 2.75) is 70.3 Å². The second-order valence-corrected chi connectivity index (χ2v) is 17.5. The summed E-state index contributed by atoms with van der Waals surface area (Å²) in [7, 11) is 0. The first-order chi connectivity index (χ1) is 26.1. The van der Waals surface area contributed by atoms with Crippen LogP contribution in [0, 0.1) is 29.1 Å². The third-order valence-electron chi connectivity index (χ3n) is 15.0. The minimum atomic E-state index is -0.347. The van der Waals surface area contributed by atoms with E-state index in [9.17, 15) is 0 Å². The summed E-state index contributed by atoms with van der Waals surface area (Å²) < 4.78 is 0. The van der Waals surface area contributed by atoms with E-state index in [0.29, 0.717) is 11.5 Å². The highest BCUT2D eigenvalue weighted by molar-refractivity contribution is 5.96. The maximum Gasteiger partial charge on any atom is 0.0726 e. The van der Waals surface area contributed by atoms with Gasteiger partial charge in [0, 0.05) is 23.0 Å². The third kappa shape index (κ3) is 4.37. The van der Waals surface area contributed by atoms with E-state index in [0.717, 1.165) is 23.7 Å². The van der Waals surface area contributed by atoms with Crippen LogP contribution in [-0.4, -0.2) is 6.04 Å². The Bertz CT molecular complexity index is 2300. The van der Waals surface area contributed by atoms with E-state index in [1.165, 1.54) is 112 Å². The Morgan fingerprint density at radius 1 is 0.472 bits per heavy atom. The van der Waals surface area contributed by atoms with Crippen molar-refractivity contribution in [1.82, 2.24) is 0 Å². The Kier molecular flexibility index (Phi) is 7.05. The van der Waals surface area contributed by atoms with Gasteiger partial charge in [-0.3, -0.25) is 0 Å². The summed E-state index contributed by atoms with van der Waals surface area (Å²) in [5, 5.41) is 0. The van der Waals surface area contributed by atoms with E-state index < -0.39 is 0 Å². The van der Waals surface area contributed by atoms with Crippen LogP contribution in [0.2, 0.25) is 0 Å². The highest BCUT2D eigenvalue weighted by Gasteiger charge is 2.57. The van der Waals surface area contributed by atoms with Crippen molar-refractivity contribution in [2.24, 2.45) is 29.1 Å². The van der Waals surface area contributed by atoms with Crippen LogP contribution in [0.4, 0.5) is 11.4 Å². The quantitative estimate of drug-likeness (QED) is 0.178. The molecule has 11 rings (SSSR count). The lowest BCUT2D eigenvalue weighted by Crippen LogP contribution is -2.41. The van der Waals surface area contributed by atoms with Gasteiger partial charge in [-0.2, -0.15) is 0 Å². The fraction of sp³-hybridized carbons (Fsp3) is 0.308. The topological polar surface area (TPSA) is 3.24 Å². The van der Waals surface area contributed by atoms with Crippen LogP contribution in [0.1, 0.15) is 81.0 Å². The highest BCUT2D eigenvalue weighted by Crippen LogP contribution is 2.65. The average molecular weight is 688 g/mol. The number of hydrogen-bond acceptors (Lipinski definition) is 1. The molecular weight excluding hydrogens is 639 g/mol. The molecule has 0 saturated heterocycles. The summed E-state index contributed by atoms with van der Waals surface area (Å²) in [6, 6.07) is 56.0. The standard InChI is InChI=1S/C52H49N/c1-51(2)44-23-11-6-19-38(44)42-30-28-35(32-48(42)51)53(50-27-15-10-18-37(50)34-16-4-3-5-17-34)36-29-31-43-41-22-9-14-26-47(41)52(49(43)33-36)45-24-12-7-20-39(45)40-21-8-13-25-46(40)52/h3-5,7-10,12-18,20-22,24-27,29,31,33,35,38,42,44,48H,6,11,19,23,28,30,32H2,1-2H3. The number of rotatable bonds is 4. The van der Waals surface area contributed by atoms with Gasteiger partial charge < -0.3 is 4.90 Å². The van der Waals surface area contributed by atoms with Gasteiger partial charge in [0.2, 0.25) is 0 Å². The molecule has 3 saturated carbocycles. The molecule has 5 aliphatic carbocycles. The van der Waals surface area contributed by atoms with E-state index in [-0.39, 0.29) is 5.41 Å². The Morgan fingerprint density at radius 2 is 1.02 bits per heavy atom. The lowest BCUT2D eigenvalue weighted by atomic mass is 9.67. The molecule has 1 heteroatoms. The average Bonchev–Trinajstić information content (AvgIpc) is 3.77. The first-order valence-corrected chi connectivity index (χ1v) is 20.4. The SMILES string of the molecule is CC1(C)C2CCCCC2C2CCC(N(c3ccc4c(c3)C3(c5ccccc5-c5ccccc53)c3ccccc3-4)c3ccccc3-c3ccccc3)CC21. The van der Waals surface area contributed by atoms with Crippen molar-refractivity contribution in [2.75, 3.05) is 4.90 Å². The minimum absolute atomic E-state index is 0.347. The zero-order chi connectivity index (χ0) is 35.3. The molecular formula is C52H49N. The van der Waals surface area contributed by atoms with Gasteiger partial charge in [0.1, 0.15) is 0 Å². The van der Waals surface area contributed by atoms with Crippen molar-refractivity contribution in [1.29, 1.82) is 0 Å². The molecule has 0 bridgehead atoms. The second kappa shape index (κ2) is 11.8. The zero-order valence-corrected chi connectivity index (χ0v) is 31.1. The van der Waals surface area contributed by atoms with Gasteiger partial charge in [0.25, 0.3) is 0 Å². The molecule has 262 valence electrons. The van der Waals surface area contributed by atoms with Crippen molar-refractivity contribution in [3.63, 3.8) is 0 Å². The van der Waals surface area contributed by atoms with Gasteiger partial charge in [-0.25, -0.2) is 0 Å². The molecule has 0 heterocycles. The molecule has 3 fully saturated rings. The molecule has 0 radical (unpaired) electrons. The Morgan fingerprint density at radius 3 is 1.70 bits per heavy atom. The van der Waals surface area contributed by atoms with Crippen LogP contribution in [0.25, 0.3) is 33.4 Å². The molecule has 1 nitrogen and oxygen atoms in total. The number of anilines is 2. The lowest BCUT2D eigenvalue weighted by Gasteiger charge is -2.45. The van der Waals surface area contributed by atoms with E-state index >= 15 is 0 Å². The summed E-state index contributed by atoms with van der Waals surface area (Å²) in [5.74, 6) is 3.45. The normalized spacial score (nSPS) is 25.1. The van der Waals surface area contributed by atoms with E-state index in [2.05, 4.69) is 164 Å². The molecule has 0 N–H and O–H groups in total. The number of fused-ring (bicyclic) bond motifs is 13. The highest BCUT2D eigenvalue weighted by atomic mass is 15.2. The Labute approximate surface area is 315 Å². The Hall–Kier alpha value is -4.88. The summed E-state index contributed by atoms with van der Waals surface area (Å²) in [6.45, 7) is 5.30. The fourth-order valence-electron chi connectivity index (χ4n) is 13.0. The summed E-state index contributed by atoms with van der Waals surface area (Å²) in [4.78, 5) is 2.82. The second-order valence-electron chi connectivity index (χ2n) is 17.5. The van der Waals surface area contributed by atoms with Crippen molar-refractivity contribution >= 4 is 11.4 Å². The van der Waals surface area contributed by atoms with Gasteiger partial charge in [0.05, 0.1) is 5.41 Å². The summed E-state index contributed by atoms with van der Waals surface area (Å²) in [6.07, 6.45) is 9.62. The van der Waals surface area contributed by atoms with Crippen LogP contribution < -0.4 is 4.90 Å². The maximum atomic E-state index is 2.82. The summed E-state index contributed by atoms with van der Waals surface area (Å²) >= 11 is 0. The van der Waals surface area contributed by atoms with Crippen LogP contribution >= 0.6 is 0 Å². The van der Waals surface area contributed by atoms with Gasteiger partial charge in [-0.15, -0.1) is 0 Å². The van der Waals surface area contributed by atoms with Gasteiger partial charge in [-0.05, 0) is 129 Å². The smallest absolute Gasteiger partial charge is 0.0726 e. The number of hydrogen-bond donors (Lipinski definition) is 0. The van der Waals surface area contributed by atoms with Crippen molar-refractivity contribution < 1.29 is 0 Å². The molecule has 5 unspecified atom stereocenters. The summed E-state index contributed by atoms with van der Waals surface area (Å²) in [5.41, 5.74) is 16.5. The molecule has 6 aromatic carbocycles. The van der Waals surface area contributed by atoms with Crippen LogP contribution in [-0.2, 0) is 5.41 Å². The number of nitrogens with zero attached hydrogens (tertiary/aromatic N) is 1. The van der Waals surface area contributed by atoms with Gasteiger partial charge in [-0.1, -0.05) is 154 Å². The monoisotopic (exact) mass is 687 g/mol. The zero-order valence-electron chi connectivity index (χ0n) is 31.1. The molecule has 0 aliphatic heterocycles. The predicted molar refractivity (Wildman–Crippen MR) is 221 cm³/mol. The molecule has 0 aromatic heterocycles. The van der Waals surface area contributed by atoms with E-state index in [1.54, 1.807) is 0 Å². The van der Waals surface area contributed by atoms with Crippen LogP contribution in [0.15, 0.2) is 146 Å². The molecule has 5 aliphatic rings. The van der Waals surface area contributed by atoms with E-state index in [1.807, 2.05) is 0 Å². The number of benzene rings is 6. The molecule has 0 amide bonds. The maximum absolute atomic E-state index is 2.82. The lowest BCUT2D eigenvalue weighted by molar-refractivity contribution is 0.118. The minimum Gasteiger partial charge on any atom is -0.338 e. The van der Waals surface area contributed by atoms with Crippen molar-refractivity contribution in [3.05, 3.63) is 168 Å². The molecule has 1 spiro atoms. The van der Waals surface area contributed by atoms with Crippen LogP contribution in [0.3, 0.4) is 0 Å². The molecule has 53 heavy (non-hydrogen) atoms. The fourth-order valence-corrected chi connectivity index (χ4v) is 13.0. The van der Waals surface area contributed by atoms with Crippen LogP contribution in [0.5, 0.6) is 0 Å². The van der Waals surface area contributed by atoms with Gasteiger partial charge >= 0.3 is 0 Å². The van der Waals surface area contributed by atoms with E-state index in [4.69, 9.17) is 0 Å². The molecule has 5 atom stereocenters. The number of para-hydroxylation sites is 1. The van der Waals surface area contributed by atoms with Crippen molar-refractivity contribution in [3.8, 4) is 33.4 Å². The first kappa shape index (κ1) is 31.6.